The van der Waals surface area contributed by atoms with Gasteiger partial charge in [0.15, 0.2) is 5.58 Å². The third-order valence-electron chi connectivity index (χ3n) is 10.1. The lowest BCUT2D eigenvalue weighted by atomic mass is 10.1. The highest BCUT2D eigenvalue weighted by molar-refractivity contribution is 6.15. The number of para-hydroxylation sites is 4. The van der Waals surface area contributed by atoms with E-state index in [0.717, 1.165) is 72.1 Å². The van der Waals surface area contributed by atoms with Gasteiger partial charge in [0.2, 0.25) is 0 Å². The van der Waals surface area contributed by atoms with E-state index in [1.165, 1.54) is 27.1 Å². The molecule has 0 atom stereocenters. The zero-order chi connectivity index (χ0) is 32.8. The Morgan fingerprint density at radius 3 is 1.80 bits per heavy atom. The van der Waals surface area contributed by atoms with Crippen LogP contribution in [0.2, 0.25) is 0 Å². The zero-order valence-electron chi connectivity index (χ0n) is 26.9. The predicted octanol–water partition coefficient (Wildman–Crippen LogP) is 13.2. The summed E-state index contributed by atoms with van der Waals surface area (Å²) in [5.41, 5.74) is 9.83. The van der Waals surface area contributed by atoms with Crippen LogP contribution in [0.4, 0.5) is 17.1 Å². The van der Waals surface area contributed by atoms with Gasteiger partial charge in [0.05, 0.1) is 22.4 Å². The van der Waals surface area contributed by atoms with Gasteiger partial charge in [-0.15, -0.1) is 0 Å². The molecule has 11 aromatic rings. The standard InChI is InChI=1S/C46H28N2O2/c1-2-13-31(14-3-1)48-41-26-30-12-5-4-11-29(30)25-39(41)34-23-21-32(27-42(34)48)47(33-22-24-37-35-15-6-8-19-43(35)49-45(37)28-33)40-18-10-17-38-36-16-7-9-20-44(36)50-46(38)40/h1-28H. The van der Waals surface area contributed by atoms with Gasteiger partial charge in [-0.1, -0.05) is 97.1 Å². The van der Waals surface area contributed by atoms with E-state index in [1.807, 2.05) is 24.3 Å². The molecule has 234 valence electrons. The molecule has 0 radical (unpaired) electrons. The number of hydrogen-bond donors (Lipinski definition) is 0. The number of fused-ring (bicyclic) bond motifs is 10. The van der Waals surface area contributed by atoms with Crippen molar-refractivity contribution in [2.45, 2.75) is 0 Å². The first kappa shape index (κ1) is 27.2. The minimum Gasteiger partial charge on any atom is -0.456 e. The maximum Gasteiger partial charge on any atom is 0.159 e. The molecule has 0 saturated carbocycles. The lowest BCUT2D eigenvalue weighted by molar-refractivity contribution is 0.667. The molecule has 0 aliphatic rings. The van der Waals surface area contributed by atoms with E-state index >= 15 is 0 Å². The number of anilines is 3. The van der Waals surface area contributed by atoms with Gasteiger partial charge in [0.1, 0.15) is 16.7 Å². The summed E-state index contributed by atoms with van der Waals surface area (Å²) in [6.07, 6.45) is 0. The first-order valence-corrected chi connectivity index (χ1v) is 16.9. The summed E-state index contributed by atoms with van der Waals surface area (Å²) in [5, 5.41) is 9.27. The molecule has 0 unspecified atom stereocenters. The van der Waals surface area contributed by atoms with Gasteiger partial charge < -0.3 is 18.3 Å². The Balaban J connectivity index is 1.22. The van der Waals surface area contributed by atoms with Crippen LogP contribution in [0.25, 0.3) is 82.1 Å². The molecule has 0 bridgehead atoms. The molecule has 3 aromatic heterocycles. The van der Waals surface area contributed by atoms with Crippen LogP contribution in [0.1, 0.15) is 0 Å². The summed E-state index contributed by atoms with van der Waals surface area (Å²) in [7, 11) is 0. The first-order chi connectivity index (χ1) is 24.8. The van der Waals surface area contributed by atoms with Crippen LogP contribution >= 0.6 is 0 Å². The van der Waals surface area contributed by atoms with Crippen molar-refractivity contribution in [3.8, 4) is 5.69 Å². The number of aromatic nitrogens is 1. The Kier molecular flexibility index (Phi) is 5.63. The largest absolute Gasteiger partial charge is 0.456 e. The fourth-order valence-corrected chi connectivity index (χ4v) is 7.88. The molecule has 3 heterocycles. The predicted molar refractivity (Wildman–Crippen MR) is 208 cm³/mol. The number of rotatable bonds is 4. The van der Waals surface area contributed by atoms with Gasteiger partial charge in [-0.3, -0.25) is 0 Å². The minimum absolute atomic E-state index is 0.841. The van der Waals surface area contributed by atoms with E-state index in [0.29, 0.717) is 0 Å². The molecule has 0 aliphatic carbocycles. The number of hydrogen-bond acceptors (Lipinski definition) is 3. The topological polar surface area (TPSA) is 34.5 Å². The summed E-state index contributed by atoms with van der Waals surface area (Å²) in [6, 6.07) is 60.1. The van der Waals surface area contributed by atoms with Crippen LogP contribution in [0.15, 0.2) is 179 Å². The van der Waals surface area contributed by atoms with Crippen molar-refractivity contribution in [3.05, 3.63) is 170 Å². The van der Waals surface area contributed by atoms with Crippen LogP contribution < -0.4 is 4.90 Å². The van der Waals surface area contributed by atoms with Crippen molar-refractivity contribution in [2.24, 2.45) is 0 Å². The highest BCUT2D eigenvalue weighted by atomic mass is 16.3. The Hall–Kier alpha value is -6.78. The molecule has 0 N–H and O–H groups in total. The van der Waals surface area contributed by atoms with E-state index in [4.69, 9.17) is 8.83 Å². The molecule has 4 heteroatoms. The summed E-state index contributed by atoms with van der Waals surface area (Å²) < 4.78 is 15.5. The second kappa shape index (κ2) is 10.4. The van der Waals surface area contributed by atoms with Crippen LogP contribution in [-0.2, 0) is 0 Å². The smallest absolute Gasteiger partial charge is 0.159 e. The molecule has 0 amide bonds. The van der Waals surface area contributed by atoms with Gasteiger partial charge >= 0.3 is 0 Å². The molecule has 4 nitrogen and oxygen atoms in total. The van der Waals surface area contributed by atoms with Crippen molar-refractivity contribution < 1.29 is 8.83 Å². The first-order valence-electron chi connectivity index (χ1n) is 16.9. The molecule has 0 saturated heterocycles. The Morgan fingerprint density at radius 2 is 0.980 bits per heavy atom. The SMILES string of the molecule is c1ccc(-n2c3cc(N(c4ccc5c(c4)oc4ccccc45)c4cccc5c4oc4ccccc45)ccc3c3cc4ccccc4cc32)cc1. The fraction of sp³-hybridized carbons (Fsp3) is 0. The minimum atomic E-state index is 0.841. The molecule has 8 aromatic carbocycles. The third-order valence-corrected chi connectivity index (χ3v) is 10.1. The average Bonchev–Trinajstić information content (AvgIpc) is 3.83. The van der Waals surface area contributed by atoms with Crippen LogP contribution in [0.3, 0.4) is 0 Å². The normalized spacial score (nSPS) is 12.0. The summed E-state index contributed by atoms with van der Waals surface area (Å²) in [5.74, 6) is 0. The quantitative estimate of drug-likeness (QED) is 0.192. The second-order valence-electron chi connectivity index (χ2n) is 13.0. The van der Waals surface area contributed by atoms with Gasteiger partial charge in [-0.2, -0.15) is 0 Å². The summed E-state index contributed by atoms with van der Waals surface area (Å²) in [6.45, 7) is 0. The van der Waals surface area contributed by atoms with Crippen molar-refractivity contribution in [1.82, 2.24) is 4.57 Å². The van der Waals surface area contributed by atoms with E-state index in [1.54, 1.807) is 0 Å². The second-order valence-corrected chi connectivity index (χ2v) is 13.0. The van der Waals surface area contributed by atoms with Crippen molar-refractivity contribution in [1.29, 1.82) is 0 Å². The zero-order valence-corrected chi connectivity index (χ0v) is 26.9. The lowest BCUT2D eigenvalue weighted by Crippen LogP contribution is -2.10. The highest BCUT2D eigenvalue weighted by Crippen LogP contribution is 2.45. The third kappa shape index (κ3) is 3.93. The number of furan rings is 2. The maximum absolute atomic E-state index is 6.65. The fourth-order valence-electron chi connectivity index (χ4n) is 7.88. The molecule has 0 spiro atoms. The highest BCUT2D eigenvalue weighted by Gasteiger charge is 2.22. The summed E-state index contributed by atoms with van der Waals surface area (Å²) in [4.78, 5) is 2.31. The maximum atomic E-state index is 6.65. The van der Waals surface area contributed by atoms with Crippen molar-refractivity contribution >= 4 is 93.5 Å². The van der Waals surface area contributed by atoms with E-state index in [-0.39, 0.29) is 0 Å². The molecule has 0 aliphatic heterocycles. The molecule has 50 heavy (non-hydrogen) atoms. The van der Waals surface area contributed by atoms with Crippen LogP contribution in [0.5, 0.6) is 0 Å². The van der Waals surface area contributed by atoms with Gasteiger partial charge in [-0.25, -0.2) is 0 Å². The summed E-state index contributed by atoms with van der Waals surface area (Å²) >= 11 is 0. The van der Waals surface area contributed by atoms with E-state index in [9.17, 15) is 0 Å². The number of nitrogens with zero attached hydrogens (tertiary/aromatic N) is 2. The Labute approximate surface area is 286 Å². The van der Waals surface area contributed by atoms with Crippen LogP contribution in [0, 0.1) is 0 Å². The molecular formula is C46H28N2O2. The molecule has 11 rings (SSSR count). The van der Waals surface area contributed by atoms with Crippen LogP contribution in [-0.4, -0.2) is 4.57 Å². The average molecular weight is 641 g/mol. The molecule has 0 fully saturated rings. The van der Waals surface area contributed by atoms with Gasteiger partial charge in [0, 0.05) is 49.8 Å². The van der Waals surface area contributed by atoms with Gasteiger partial charge in [0.25, 0.3) is 0 Å². The van der Waals surface area contributed by atoms with E-state index in [2.05, 4.69) is 155 Å². The lowest BCUT2D eigenvalue weighted by Gasteiger charge is -2.26. The van der Waals surface area contributed by atoms with Crippen molar-refractivity contribution in [2.75, 3.05) is 4.90 Å². The Morgan fingerprint density at radius 1 is 0.380 bits per heavy atom. The molecular weight excluding hydrogens is 613 g/mol. The monoisotopic (exact) mass is 640 g/mol. The Bertz CT molecular complexity index is 3110. The van der Waals surface area contributed by atoms with Crippen molar-refractivity contribution in [3.63, 3.8) is 0 Å². The number of benzene rings is 8. The van der Waals surface area contributed by atoms with Gasteiger partial charge in [-0.05, 0) is 77.5 Å². The van der Waals surface area contributed by atoms with E-state index < -0.39 is 0 Å².